The molecule has 7 nitrogen and oxygen atoms in total. The van der Waals surface area contributed by atoms with Crippen LogP contribution < -0.4 is 4.90 Å². The number of hydrogen-bond donors (Lipinski definition) is 0. The molecule has 0 radical (unpaired) electrons. The van der Waals surface area contributed by atoms with E-state index in [2.05, 4.69) is 50.4 Å². The van der Waals surface area contributed by atoms with Gasteiger partial charge in [0.2, 0.25) is 5.95 Å². The summed E-state index contributed by atoms with van der Waals surface area (Å²) in [5, 5.41) is 9.09. The number of hydrogen-bond acceptors (Lipinski definition) is 6. The van der Waals surface area contributed by atoms with E-state index < -0.39 is 0 Å². The number of rotatable bonds is 5. The Hall–Kier alpha value is -2.02. The number of piperidine rings is 1. The second-order valence-corrected chi connectivity index (χ2v) is 7.96. The van der Waals surface area contributed by atoms with Gasteiger partial charge in [-0.1, -0.05) is 6.92 Å². The average molecular weight is 370 g/mol. The normalized spacial score (nSPS) is 21.1. The summed E-state index contributed by atoms with van der Waals surface area (Å²) < 4.78 is 2.22. The monoisotopic (exact) mass is 369 g/mol. The summed E-state index contributed by atoms with van der Waals surface area (Å²) in [4.78, 5) is 14.2. The van der Waals surface area contributed by atoms with Gasteiger partial charge in [-0.2, -0.15) is 0 Å². The molecule has 0 spiro atoms. The minimum absolute atomic E-state index is 0.388. The highest BCUT2D eigenvalue weighted by atomic mass is 15.3. The van der Waals surface area contributed by atoms with E-state index in [1.165, 1.54) is 31.5 Å². The molecule has 2 aromatic rings. The van der Waals surface area contributed by atoms with Crippen LogP contribution in [0.25, 0.3) is 0 Å². The summed E-state index contributed by atoms with van der Waals surface area (Å²) in [6, 6.07) is 0. The van der Waals surface area contributed by atoms with E-state index in [4.69, 9.17) is 4.98 Å². The molecule has 7 heteroatoms. The SMILES string of the molecule is CCc1nc(N2CCCC(c3nnc(CN4CCCC4)n3C)C2)ncc1C. The fraction of sp³-hybridized carbons (Fsp3) is 0.700. The van der Waals surface area contributed by atoms with E-state index >= 15 is 0 Å². The van der Waals surface area contributed by atoms with Gasteiger partial charge in [0.05, 0.1) is 6.54 Å². The zero-order valence-electron chi connectivity index (χ0n) is 16.9. The predicted molar refractivity (Wildman–Crippen MR) is 106 cm³/mol. The number of aromatic nitrogens is 5. The Morgan fingerprint density at radius 2 is 1.93 bits per heavy atom. The highest BCUT2D eigenvalue weighted by Gasteiger charge is 2.28. The van der Waals surface area contributed by atoms with Crippen molar-refractivity contribution < 1.29 is 0 Å². The predicted octanol–water partition coefficient (Wildman–Crippen LogP) is 2.46. The van der Waals surface area contributed by atoms with Gasteiger partial charge in [-0.3, -0.25) is 4.90 Å². The third-order valence-electron chi connectivity index (χ3n) is 6.03. The van der Waals surface area contributed by atoms with Gasteiger partial charge in [0.25, 0.3) is 0 Å². The van der Waals surface area contributed by atoms with Crippen molar-refractivity contribution in [1.82, 2.24) is 29.6 Å². The summed E-state index contributed by atoms with van der Waals surface area (Å²) in [7, 11) is 2.12. The third kappa shape index (κ3) is 3.83. The fourth-order valence-electron chi connectivity index (χ4n) is 4.36. The highest BCUT2D eigenvalue weighted by Crippen LogP contribution is 2.28. The Balaban J connectivity index is 1.49. The lowest BCUT2D eigenvalue weighted by molar-refractivity contribution is 0.317. The molecule has 4 rings (SSSR count). The van der Waals surface area contributed by atoms with Gasteiger partial charge in [-0.05, 0) is 57.7 Å². The van der Waals surface area contributed by atoms with Crippen LogP contribution in [-0.2, 0) is 20.0 Å². The van der Waals surface area contributed by atoms with Crippen molar-refractivity contribution in [3.8, 4) is 0 Å². The van der Waals surface area contributed by atoms with Crippen molar-refractivity contribution in [2.24, 2.45) is 7.05 Å². The Morgan fingerprint density at radius 3 is 2.70 bits per heavy atom. The quantitative estimate of drug-likeness (QED) is 0.807. The molecule has 0 amide bonds. The summed E-state index contributed by atoms with van der Waals surface area (Å²) in [5.74, 6) is 3.45. The second kappa shape index (κ2) is 7.92. The highest BCUT2D eigenvalue weighted by molar-refractivity contribution is 5.34. The number of aryl methyl sites for hydroxylation is 2. The van der Waals surface area contributed by atoms with E-state index in [1.54, 1.807) is 0 Å². The summed E-state index contributed by atoms with van der Waals surface area (Å²) in [6.07, 6.45) is 7.80. The minimum atomic E-state index is 0.388. The van der Waals surface area contributed by atoms with Crippen LogP contribution in [-0.4, -0.2) is 55.8 Å². The molecular weight excluding hydrogens is 338 g/mol. The van der Waals surface area contributed by atoms with Crippen LogP contribution in [0.2, 0.25) is 0 Å². The first-order valence-electron chi connectivity index (χ1n) is 10.3. The van der Waals surface area contributed by atoms with Gasteiger partial charge in [-0.25, -0.2) is 9.97 Å². The lowest BCUT2D eigenvalue weighted by atomic mass is 9.97. The fourth-order valence-corrected chi connectivity index (χ4v) is 4.36. The zero-order chi connectivity index (χ0) is 18.8. The van der Waals surface area contributed by atoms with Crippen LogP contribution in [0.5, 0.6) is 0 Å². The van der Waals surface area contributed by atoms with Gasteiger partial charge in [0.1, 0.15) is 11.6 Å². The van der Waals surface area contributed by atoms with Crippen molar-refractivity contribution in [3.63, 3.8) is 0 Å². The van der Waals surface area contributed by atoms with Crippen molar-refractivity contribution in [1.29, 1.82) is 0 Å². The molecule has 2 saturated heterocycles. The second-order valence-electron chi connectivity index (χ2n) is 7.96. The molecule has 2 aromatic heterocycles. The molecule has 146 valence electrons. The molecule has 0 aromatic carbocycles. The first kappa shape index (κ1) is 18.3. The Bertz CT molecular complexity index is 779. The van der Waals surface area contributed by atoms with Crippen molar-refractivity contribution >= 4 is 5.95 Å². The molecule has 1 unspecified atom stereocenters. The van der Waals surface area contributed by atoms with Gasteiger partial charge >= 0.3 is 0 Å². The lowest BCUT2D eigenvalue weighted by Gasteiger charge is -2.32. The maximum Gasteiger partial charge on any atom is 0.225 e. The zero-order valence-corrected chi connectivity index (χ0v) is 16.9. The molecule has 0 aliphatic carbocycles. The van der Waals surface area contributed by atoms with Gasteiger partial charge in [-0.15, -0.1) is 10.2 Å². The van der Waals surface area contributed by atoms with E-state index in [1.807, 2.05) is 6.20 Å². The van der Waals surface area contributed by atoms with Gasteiger partial charge in [0, 0.05) is 37.9 Å². The minimum Gasteiger partial charge on any atom is -0.340 e. The molecule has 2 fully saturated rings. The number of anilines is 1. The summed E-state index contributed by atoms with van der Waals surface area (Å²) >= 11 is 0. The van der Waals surface area contributed by atoms with E-state index in [-0.39, 0.29) is 0 Å². The largest absolute Gasteiger partial charge is 0.340 e. The molecule has 0 N–H and O–H groups in total. The van der Waals surface area contributed by atoms with E-state index in [0.29, 0.717) is 5.92 Å². The molecule has 0 bridgehead atoms. The summed E-state index contributed by atoms with van der Waals surface area (Å²) in [5.41, 5.74) is 2.32. The van der Waals surface area contributed by atoms with Crippen LogP contribution in [0.4, 0.5) is 5.95 Å². The van der Waals surface area contributed by atoms with E-state index in [9.17, 15) is 0 Å². The van der Waals surface area contributed by atoms with Crippen LogP contribution >= 0.6 is 0 Å². The molecule has 27 heavy (non-hydrogen) atoms. The van der Waals surface area contributed by atoms with Crippen LogP contribution in [0, 0.1) is 6.92 Å². The smallest absolute Gasteiger partial charge is 0.225 e. The molecular formula is C20H31N7. The molecule has 0 saturated carbocycles. The number of nitrogens with zero attached hydrogens (tertiary/aromatic N) is 7. The summed E-state index contributed by atoms with van der Waals surface area (Å²) in [6.45, 7) is 9.46. The van der Waals surface area contributed by atoms with Gasteiger partial charge in [0.15, 0.2) is 0 Å². The third-order valence-corrected chi connectivity index (χ3v) is 6.03. The van der Waals surface area contributed by atoms with Gasteiger partial charge < -0.3 is 9.47 Å². The van der Waals surface area contributed by atoms with Crippen LogP contribution in [0.1, 0.15) is 61.4 Å². The standard InChI is InChI=1S/C20H31N7/c1-4-17-15(2)12-21-20(22-17)27-11-7-8-16(13-27)19-24-23-18(25(19)3)14-26-9-5-6-10-26/h12,16H,4-11,13-14H2,1-3H3. The first-order chi connectivity index (χ1) is 13.2. The van der Waals surface area contributed by atoms with Crippen LogP contribution in [0.15, 0.2) is 6.20 Å². The molecule has 2 aliphatic rings. The average Bonchev–Trinajstić information content (AvgIpc) is 3.33. The maximum atomic E-state index is 4.80. The molecule has 1 atom stereocenters. The first-order valence-corrected chi connectivity index (χ1v) is 10.3. The van der Waals surface area contributed by atoms with E-state index in [0.717, 1.165) is 62.2 Å². The van der Waals surface area contributed by atoms with Crippen molar-refractivity contribution in [2.75, 3.05) is 31.1 Å². The Morgan fingerprint density at radius 1 is 1.11 bits per heavy atom. The Kier molecular flexibility index (Phi) is 5.38. The Labute approximate surface area is 161 Å². The molecule has 2 aliphatic heterocycles. The van der Waals surface area contributed by atoms with Crippen LogP contribution in [0.3, 0.4) is 0 Å². The maximum absolute atomic E-state index is 4.80. The molecule has 4 heterocycles. The lowest BCUT2D eigenvalue weighted by Crippen LogP contribution is -2.36. The number of likely N-dealkylation sites (tertiary alicyclic amines) is 1. The van der Waals surface area contributed by atoms with Crippen molar-refractivity contribution in [2.45, 2.75) is 58.4 Å². The topological polar surface area (TPSA) is 63.0 Å². The van der Waals surface area contributed by atoms with Crippen molar-refractivity contribution in [3.05, 3.63) is 29.1 Å².